The van der Waals surface area contributed by atoms with Crippen molar-refractivity contribution in [1.29, 1.82) is 0 Å². The summed E-state index contributed by atoms with van der Waals surface area (Å²) in [5.74, 6) is -1.08. The summed E-state index contributed by atoms with van der Waals surface area (Å²) in [6.45, 7) is 0.0503. The molecule has 112 valence electrons. The van der Waals surface area contributed by atoms with Crippen LogP contribution < -0.4 is 5.32 Å². The van der Waals surface area contributed by atoms with E-state index >= 15 is 0 Å². The standard InChI is InChI=1S/C12H16F2N2O3S/c1-8(15-11(18)9-3-2-6-20-9)12(19)16(4-5-17)7-10(13)14/h2-3,6,8,10,17H,4-5,7H2,1H3,(H,15,18). The predicted octanol–water partition coefficient (Wildman–Crippen LogP) is 0.952. The van der Waals surface area contributed by atoms with Crippen LogP contribution >= 0.6 is 11.3 Å². The van der Waals surface area contributed by atoms with Gasteiger partial charge in [-0.3, -0.25) is 9.59 Å². The fourth-order valence-corrected chi connectivity index (χ4v) is 2.22. The van der Waals surface area contributed by atoms with Gasteiger partial charge >= 0.3 is 0 Å². The van der Waals surface area contributed by atoms with Crippen LogP contribution in [0.2, 0.25) is 0 Å². The molecule has 8 heteroatoms. The van der Waals surface area contributed by atoms with Crippen LogP contribution in [0.1, 0.15) is 16.6 Å². The molecular weight excluding hydrogens is 290 g/mol. The van der Waals surface area contributed by atoms with Gasteiger partial charge in [-0.15, -0.1) is 11.3 Å². The maximum Gasteiger partial charge on any atom is 0.261 e. The summed E-state index contributed by atoms with van der Waals surface area (Å²) in [6, 6.07) is 2.36. The Morgan fingerprint density at radius 3 is 2.70 bits per heavy atom. The van der Waals surface area contributed by atoms with E-state index in [0.717, 1.165) is 4.90 Å². The molecule has 20 heavy (non-hydrogen) atoms. The van der Waals surface area contributed by atoms with Crippen LogP contribution in [-0.2, 0) is 4.79 Å². The number of amides is 2. The van der Waals surface area contributed by atoms with Crippen molar-refractivity contribution in [2.24, 2.45) is 0 Å². The van der Waals surface area contributed by atoms with E-state index < -0.39 is 37.4 Å². The largest absolute Gasteiger partial charge is 0.395 e. The van der Waals surface area contributed by atoms with Crippen LogP contribution in [0.15, 0.2) is 17.5 Å². The number of hydrogen-bond acceptors (Lipinski definition) is 4. The van der Waals surface area contributed by atoms with Gasteiger partial charge in [0, 0.05) is 6.54 Å². The number of aliphatic hydroxyl groups is 1. The Hall–Kier alpha value is -1.54. The summed E-state index contributed by atoms with van der Waals surface area (Å²) >= 11 is 1.22. The minimum atomic E-state index is -2.69. The quantitative estimate of drug-likeness (QED) is 0.788. The van der Waals surface area contributed by atoms with Gasteiger partial charge in [0.15, 0.2) is 0 Å². The monoisotopic (exact) mass is 306 g/mol. The highest BCUT2D eigenvalue weighted by Gasteiger charge is 2.24. The SMILES string of the molecule is CC(NC(=O)c1cccs1)C(=O)N(CCO)CC(F)F. The van der Waals surface area contributed by atoms with E-state index in [2.05, 4.69) is 5.32 Å². The average molecular weight is 306 g/mol. The highest BCUT2D eigenvalue weighted by molar-refractivity contribution is 7.12. The molecule has 1 heterocycles. The van der Waals surface area contributed by atoms with Crippen LogP contribution in [0.4, 0.5) is 8.78 Å². The second-order valence-corrected chi connectivity index (χ2v) is 5.02. The molecule has 0 fully saturated rings. The first-order valence-corrected chi connectivity index (χ1v) is 6.85. The summed E-state index contributed by atoms with van der Waals surface area (Å²) in [7, 11) is 0. The fraction of sp³-hybridized carbons (Fsp3) is 0.500. The van der Waals surface area contributed by atoms with Crippen LogP contribution in [0.3, 0.4) is 0 Å². The molecule has 1 unspecified atom stereocenters. The molecule has 1 aromatic rings. The molecule has 5 nitrogen and oxygen atoms in total. The molecule has 0 aromatic carbocycles. The Labute approximate surface area is 119 Å². The van der Waals surface area contributed by atoms with Crippen molar-refractivity contribution in [3.8, 4) is 0 Å². The molecular formula is C12H16F2N2O3S. The zero-order valence-corrected chi connectivity index (χ0v) is 11.7. The van der Waals surface area contributed by atoms with Gasteiger partial charge < -0.3 is 15.3 Å². The smallest absolute Gasteiger partial charge is 0.261 e. The molecule has 2 amide bonds. The average Bonchev–Trinajstić information content (AvgIpc) is 2.90. The first-order valence-electron chi connectivity index (χ1n) is 5.98. The third-order valence-electron chi connectivity index (χ3n) is 2.50. The molecule has 2 N–H and O–H groups in total. The summed E-state index contributed by atoms with van der Waals surface area (Å²) in [4.78, 5) is 25.0. The highest BCUT2D eigenvalue weighted by atomic mass is 32.1. The summed E-state index contributed by atoms with van der Waals surface area (Å²) in [5.41, 5.74) is 0. The molecule has 1 rings (SSSR count). The molecule has 0 saturated heterocycles. The summed E-state index contributed by atoms with van der Waals surface area (Å²) in [6.07, 6.45) is -2.69. The van der Waals surface area contributed by atoms with Gasteiger partial charge in [-0.05, 0) is 18.4 Å². The molecule has 1 atom stereocenters. The van der Waals surface area contributed by atoms with Crippen molar-refractivity contribution in [3.05, 3.63) is 22.4 Å². The van der Waals surface area contributed by atoms with Crippen LogP contribution in [0.25, 0.3) is 0 Å². The molecule has 0 spiro atoms. The van der Waals surface area contributed by atoms with E-state index in [1.807, 2.05) is 0 Å². The minimum absolute atomic E-state index is 0.192. The van der Waals surface area contributed by atoms with Gasteiger partial charge in [0.25, 0.3) is 12.3 Å². The Kier molecular flexibility index (Phi) is 6.53. The minimum Gasteiger partial charge on any atom is -0.395 e. The third kappa shape index (κ3) is 4.86. The van der Waals surface area contributed by atoms with E-state index in [4.69, 9.17) is 5.11 Å². The van der Waals surface area contributed by atoms with Crippen molar-refractivity contribution in [2.75, 3.05) is 19.7 Å². The van der Waals surface area contributed by atoms with Crippen molar-refractivity contribution in [1.82, 2.24) is 10.2 Å². The van der Waals surface area contributed by atoms with E-state index in [1.54, 1.807) is 17.5 Å². The number of carbonyl (C=O) groups excluding carboxylic acids is 2. The van der Waals surface area contributed by atoms with Gasteiger partial charge in [0.05, 0.1) is 18.0 Å². The predicted molar refractivity (Wildman–Crippen MR) is 70.9 cm³/mol. The number of thiophene rings is 1. The Balaban J connectivity index is 2.61. The second-order valence-electron chi connectivity index (χ2n) is 4.07. The number of hydrogen-bond donors (Lipinski definition) is 2. The van der Waals surface area contributed by atoms with Gasteiger partial charge in [-0.25, -0.2) is 8.78 Å². The van der Waals surface area contributed by atoms with E-state index in [9.17, 15) is 18.4 Å². The number of nitrogens with one attached hydrogen (secondary N) is 1. The Bertz CT molecular complexity index is 440. The molecule has 0 radical (unpaired) electrons. The summed E-state index contributed by atoms with van der Waals surface area (Å²) < 4.78 is 24.7. The first-order chi connectivity index (χ1) is 9.45. The van der Waals surface area contributed by atoms with Crippen molar-refractivity contribution < 1.29 is 23.5 Å². The molecule has 0 bridgehead atoms. The van der Waals surface area contributed by atoms with Gasteiger partial charge in [0.1, 0.15) is 6.04 Å². The normalized spacial score (nSPS) is 12.2. The van der Waals surface area contributed by atoms with E-state index in [1.165, 1.54) is 18.3 Å². The van der Waals surface area contributed by atoms with Gasteiger partial charge in [-0.1, -0.05) is 6.07 Å². The topological polar surface area (TPSA) is 69.6 Å². The van der Waals surface area contributed by atoms with Crippen molar-refractivity contribution in [2.45, 2.75) is 19.4 Å². The Morgan fingerprint density at radius 2 is 2.20 bits per heavy atom. The second kappa shape index (κ2) is 7.91. The van der Waals surface area contributed by atoms with Crippen LogP contribution in [0.5, 0.6) is 0 Å². The molecule has 0 aliphatic carbocycles. The molecule has 1 aromatic heterocycles. The van der Waals surface area contributed by atoms with Crippen LogP contribution in [-0.4, -0.2) is 54.0 Å². The van der Waals surface area contributed by atoms with Gasteiger partial charge in [-0.2, -0.15) is 0 Å². The summed E-state index contributed by atoms with van der Waals surface area (Å²) in [5, 5.41) is 13.0. The molecule has 0 aliphatic rings. The lowest BCUT2D eigenvalue weighted by Crippen LogP contribution is -2.49. The lowest BCUT2D eigenvalue weighted by molar-refractivity contribution is -0.135. The fourth-order valence-electron chi connectivity index (χ4n) is 1.59. The number of halogens is 2. The van der Waals surface area contributed by atoms with E-state index in [-0.39, 0.29) is 6.54 Å². The number of rotatable bonds is 7. The zero-order chi connectivity index (χ0) is 15.1. The van der Waals surface area contributed by atoms with Gasteiger partial charge in [0.2, 0.25) is 5.91 Å². The maximum atomic E-state index is 12.4. The lowest BCUT2D eigenvalue weighted by Gasteiger charge is -2.25. The Morgan fingerprint density at radius 1 is 1.50 bits per heavy atom. The lowest BCUT2D eigenvalue weighted by atomic mass is 10.2. The van der Waals surface area contributed by atoms with Crippen LogP contribution in [0, 0.1) is 0 Å². The first kappa shape index (κ1) is 16.5. The third-order valence-corrected chi connectivity index (χ3v) is 3.37. The maximum absolute atomic E-state index is 12.4. The molecule has 0 saturated carbocycles. The van der Waals surface area contributed by atoms with Crippen molar-refractivity contribution >= 4 is 23.2 Å². The van der Waals surface area contributed by atoms with E-state index in [0.29, 0.717) is 4.88 Å². The zero-order valence-electron chi connectivity index (χ0n) is 10.9. The number of alkyl halides is 2. The highest BCUT2D eigenvalue weighted by Crippen LogP contribution is 2.09. The molecule has 0 aliphatic heterocycles. The van der Waals surface area contributed by atoms with Crippen molar-refractivity contribution in [3.63, 3.8) is 0 Å². The number of nitrogens with zero attached hydrogens (tertiary/aromatic N) is 1. The number of carbonyl (C=O) groups is 2. The number of aliphatic hydroxyl groups excluding tert-OH is 1.